The predicted octanol–water partition coefficient (Wildman–Crippen LogP) is -0.449. The van der Waals surface area contributed by atoms with E-state index in [1.165, 1.54) is 0 Å². The molecule has 7 heavy (non-hydrogen) atoms. The van der Waals surface area contributed by atoms with Crippen LogP contribution in [0.4, 0.5) is 0 Å². The molecule has 0 bridgehead atoms. The maximum atomic E-state index is 9.60. The highest BCUT2D eigenvalue weighted by Crippen LogP contribution is 1.76. The fourth-order valence-corrected chi connectivity index (χ4v) is 0.103. The molecule has 0 aromatic heterocycles. The van der Waals surface area contributed by atoms with Crippen molar-refractivity contribution in [2.45, 2.75) is 0 Å². The van der Waals surface area contributed by atoms with Crippen molar-refractivity contribution in [1.29, 1.82) is 5.26 Å². The summed E-state index contributed by atoms with van der Waals surface area (Å²) in [6, 6.07) is 1.57. The number of carbonyl (C=O) groups excluding carboxylic acids is 1. The van der Waals surface area contributed by atoms with E-state index in [4.69, 9.17) is 11.0 Å². The second-order valence-electron chi connectivity index (χ2n) is 0.852. The third kappa shape index (κ3) is 1.55. The van der Waals surface area contributed by atoms with Gasteiger partial charge in [-0.3, -0.25) is 4.79 Å². The molecule has 0 rings (SSSR count). The summed E-state index contributed by atoms with van der Waals surface area (Å²) in [5.41, 5.74) is 4.74. The van der Waals surface area contributed by atoms with Crippen LogP contribution in [0, 0.1) is 11.3 Å². The van der Waals surface area contributed by atoms with Gasteiger partial charge in [0, 0.05) is 6.20 Å². The van der Waals surface area contributed by atoms with Crippen LogP contribution < -0.4 is 5.73 Å². The highest BCUT2D eigenvalue weighted by atomic mass is 16.1. The Balaban J connectivity index is 3.94. The second kappa shape index (κ2) is 2.91. The van der Waals surface area contributed by atoms with E-state index in [0.29, 0.717) is 6.29 Å². The van der Waals surface area contributed by atoms with Gasteiger partial charge in [-0.2, -0.15) is 5.26 Å². The molecule has 0 amide bonds. The van der Waals surface area contributed by atoms with Crippen molar-refractivity contribution >= 4 is 6.29 Å². The Morgan fingerprint density at radius 1 is 1.86 bits per heavy atom. The highest BCUT2D eigenvalue weighted by molar-refractivity contribution is 5.78. The van der Waals surface area contributed by atoms with Crippen molar-refractivity contribution in [3.63, 3.8) is 0 Å². The molecule has 0 aromatic carbocycles. The van der Waals surface area contributed by atoms with Gasteiger partial charge in [-0.15, -0.1) is 0 Å². The van der Waals surface area contributed by atoms with E-state index in [-0.39, 0.29) is 5.57 Å². The van der Waals surface area contributed by atoms with Gasteiger partial charge in [0.2, 0.25) is 0 Å². The minimum Gasteiger partial charge on any atom is -0.403 e. The molecule has 0 aliphatic rings. The Morgan fingerprint density at radius 3 is 2.43 bits per heavy atom. The largest absolute Gasteiger partial charge is 0.403 e. The first-order chi connectivity index (χ1) is 3.35. The highest BCUT2D eigenvalue weighted by Gasteiger charge is 1.82. The molecule has 36 valence electrons. The van der Waals surface area contributed by atoms with Crippen molar-refractivity contribution in [3.05, 3.63) is 11.8 Å². The zero-order valence-electron chi connectivity index (χ0n) is 3.59. The number of carbonyl (C=O) groups is 1. The fraction of sp³-hybridized carbons (Fsp3) is 0. The van der Waals surface area contributed by atoms with Crippen LogP contribution >= 0.6 is 0 Å². The van der Waals surface area contributed by atoms with E-state index in [2.05, 4.69) is 0 Å². The van der Waals surface area contributed by atoms with Gasteiger partial charge in [-0.05, 0) is 0 Å². The monoisotopic (exact) mass is 96.0 g/mol. The molecule has 0 radical (unpaired) electrons. The first-order valence-corrected chi connectivity index (χ1v) is 1.62. The number of allylic oxidation sites excluding steroid dienone is 1. The number of nitriles is 1. The Labute approximate surface area is 41.0 Å². The molecule has 0 aromatic rings. The van der Waals surface area contributed by atoms with Crippen LogP contribution in [0.1, 0.15) is 0 Å². The van der Waals surface area contributed by atoms with Crippen LogP contribution in [-0.2, 0) is 4.79 Å². The molecular weight excluding hydrogens is 92.1 g/mol. The van der Waals surface area contributed by atoms with Crippen LogP contribution in [0.2, 0.25) is 0 Å². The molecule has 0 aliphatic heterocycles. The number of aldehydes is 1. The van der Waals surface area contributed by atoms with Gasteiger partial charge in [0.1, 0.15) is 11.6 Å². The zero-order chi connectivity index (χ0) is 5.70. The van der Waals surface area contributed by atoms with E-state index in [9.17, 15) is 4.79 Å². The number of hydrogen-bond acceptors (Lipinski definition) is 3. The van der Waals surface area contributed by atoms with Gasteiger partial charge in [0.25, 0.3) is 0 Å². The van der Waals surface area contributed by atoms with Crippen LogP contribution in [-0.4, -0.2) is 6.29 Å². The minimum atomic E-state index is -0.0417. The molecule has 0 aliphatic carbocycles. The Hall–Kier alpha value is -1.30. The number of nitrogens with two attached hydrogens (primary N) is 1. The molecule has 2 N–H and O–H groups in total. The van der Waals surface area contributed by atoms with E-state index in [1.807, 2.05) is 0 Å². The molecule has 3 heteroatoms. The second-order valence-corrected chi connectivity index (χ2v) is 0.852. The Kier molecular flexibility index (Phi) is 2.37. The van der Waals surface area contributed by atoms with Crippen LogP contribution in [0.25, 0.3) is 0 Å². The lowest BCUT2D eigenvalue weighted by molar-refractivity contribution is -0.104. The van der Waals surface area contributed by atoms with E-state index in [0.717, 1.165) is 6.20 Å². The third-order valence-corrected chi connectivity index (χ3v) is 0.436. The Morgan fingerprint density at radius 2 is 2.43 bits per heavy atom. The zero-order valence-corrected chi connectivity index (χ0v) is 3.59. The van der Waals surface area contributed by atoms with Crippen molar-refractivity contribution in [1.82, 2.24) is 0 Å². The van der Waals surface area contributed by atoms with Gasteiger partial charge in [-0.25, -0.2) is 0 Å². The van der Waals surface area contributed by atoms with Crippen molar-refractivity contribution < 1.29 is 4.79 Å². The topological polar surface area (TPSA) is 66.9 Å². The number of rotatable bonds is 1. The maximum Gasteiger partial charge on any atom is 0.162 e. The minimum absolute atomic E-state index is 0.0417. The van der Waals surface area contributed by atoms with Gasteiger partial charge in [-0.1, -0.05) is 0 Å². The average molecular weight is 96.1 g/mol. The molecule has 0 saturated heterocycles. The van der Waals surface area contributed by atoms with Crippen LogP contribution in [0.15, 0.2) is 11.8 Å². The molecule has 0 unspecified atom stereocenters. The number of nitrogens with zero attached hydrogens (tertiary/aromatic N) is 1. The van der Waals surface area contributed by atoms with E-state index in [1.54, 1.807) is 6.07 Å². The summed E-state index contributed by atoms with van der Waals surface area (Å²) in [6.07, 6.45) is 1.37. The summed E-state index contributed by atoms with van der Waals surface area (Å²) in [4.78, 5) is 9.60. The van der Waals surface area contributed by atoms with Gasteiger partial charge in [0.05, 0.1) is 0 Å². The van der Waals surface area contributed by atoms with Crippen molar-refractivity contribution in [3.8, 4) is 6.07 Å². The van der Waals surface area contributed by atoms with Gasteiger partial charge < -0.3 is 5.73 Å². The van der Waals surface area contributed by atoms with E-state index >= 15 is 0 Å². The van der Waals surface area contributed by atoms with Crippen LogP contribution in [0.3, 0.4) is 0 Å². The number of hydrogen-bond donors (Lipinski definition) is 1. The summed E-state index contributed by atoms with van der Waals surface area (Å²) in [6.45, 7) is 0. The SMILES string of the molecule is N#CC(C=O)=CN. The molecule has 3 nitrogen and oxygen atoms in total. The molecule has 0 fully saturated rings. The summed E-state index contributed by atoms with van der Waals surface area (Å²) >= 11 is 0. The molecular formula is C4H4N2O. The lowest BCUT2D eigenvalue weighted by Gasteiger charge is -1.71. The van der Waals surface area contributed by atoms with Crippen LogP contribution in [0.5, 0.6) is 0 Å². The van der Waals surface area contributed by atoms with Crippen molar-refractivity contribution in [2.75, 3.05) is 0 Å². The quantitative estimate of drug-likeness (QED) is 0.273. The standard InChI is InChI=1S/C4H4N2O/c5-1-4(2-6)3-7/h1,3H,5H2. The predicted molar refractivity (Wildman–Crippen MR) is 23.9 cm³/mol. The first-order valence-electron chi connectivity index (χ1n) is 1.62. The lowest BCUT2D eigenvalue weighted by Crippen LogP contribution is -1.85. The maximum absolute atomic E-state index is 9.60. The Bertz CT molecular complexity index is 131. The van der Waals surface area contributed by atoms with Crippen molar-refractivity contribution in [2.24, 2.45) is 5.73 Å². The molecule has 0 saturated carbocycles. The summed E-state index contributed by atoms with van der Waals surface area (Å²) < 4.78 is 0. The normalized spacial score (nSPS) is 9.86. The first kappa shape index (κ1) is 5.70. The summed E-state index contributed by atoms with van der Waals surface area (Å²) in [5.74, 6) is 0. The average Bonchev–Trinajstić information content (AvgIpc) is 1.72. The van der Waals surface area contributed by atoms with Gasteiger partial charge in [0.15, 0.2) is 6.29 Å². The summed E-state index contributed by atoms with van der Waals surface area (Å²) in [7, 11) is 0. The molecule has 0 atom stereocenters. The molecule has 0 heterocycles. The van der Waals surface area contributed by atoms with E-state index < -0.39 is 0 Å². The lowest BCUT2D eigenvalue weighted by atomic mass is 10.4. The smallest absolute Gasteiger partial charge is 0.162 e. The fourth-order valence-electron chi connectivity index (χ4n) is 0.103. The van der Waals surface area contributed by atoms with Gasteiger partial charge >= 0.3 is 0 Å². The third-order valence-electron chi connectivity index (χ3n) is 0.436. The molecule has 0 spiro atoms. The summed E-state index contributed by atoms with van der Waals surface area (Å²) in [5, 5.41) is 7.90.